The highest BCUT2D eigenvalue weighted by atomic mass is 16.7. The molecule has 3 aliphatic heterocycles. The molecule has 16 heteroatoms. The van der Waals surface area contributed by atoms with Crippen LogP contribution in [0.1, 0.15) is 109 Å². The summed E-state index contributed by atoms with van der Waals surface area (Å²) in [5.74, 6) is -2.72. The van der Waals surface area contributed by atoms with Gasteiger partial charge in [0.05, 0.1) is 35.9 Å². The van der Waals surface area contributed by atoms with E-state index in [4.69, 9.17) is 33.2 Å². The van der Waals surface area contributed by atoms with Crippen molar-refractivity contribution in [1.82, 2.24) is 15.1 Å². The Balaban J connectivity index is 2.17. The Labute approximate surface area is 347 Å². The molecule has 0 aromatic rings. The fourth-order valence-corrected chi connectivity index (χ4v) is 9.33. The lowest BCUT2D eigenvalue weighted by Gasteiger charge is -2.49. The summed E-state index contributed by atoms with van der Waals surface area (Å²) in [6, 6.07) is -1.01. The van der Waals surface area contributed by atoms with Crippen LogP contribution in [0.5, 0.6) is 0 Å². The van der Waals surface area contributed by atoms with Crippen LogP contribution in [0, 0.1) is 17.8 Å². The van der Waals surface area contributed by atoms with Crippen molar-refractivity contribution in [1.29, 1.82) is 0 Å². The summed E-state index contributed by atoms with van der Waals surface area (Å²) >= 11 is 0. The van der Waals surface area contributed by atoms with Crippen LogP contribution < -0.4 is 5.32 Å². The first-order valence-electron chi connectivity index (χ1n) is 21.2. The molecule has 0 bridgehead atoms. The van der Waals surface area contributed by atoms with Crippen molar-refractivity contribution in [3.63, 3.8) is 0 Å². The van der Waals surface area contributed by atoms with Gasteiger partial charge in [0.25, 0.3) is 0 Å². The van der Waals surface area contributed by atoms with Crippen molar-refractivity contribution in [2.75, 3.05) is 34.8 Å². The third-order valence-corrected chi connectivity index (χ3v) is 12.8. The van der Waals surface area contributed by atoms with Gasteiger partial charge in [-0.2, -0.15) is 0 Å². The van der Waals surface area contributed by atoms with E-state index in [2.05, 4.69) is 5.32 Å². The topological polar surface area (TPSA) is 198 Å². The number of rotatable bonds is 9. The monoisotopic (exact) mass is 834 g/mol. The molecule has 0 saturated carbocycles. The summed E-state index contributed by atoms with van der Waals surface area (Å²) in [7, 11) is 7.11. The quantitative estimate of drug-likeness (QED) is 0.213. The van der Waals surface area contributed by atoms with Crippen LogP contribution in [0.25, 0.3) is 0 Å². The van der Waals surface area contributed by atoms with E-state index < -0.39 is 102 Å². The second-order valence-electron chi connectivity index (χ2n) is 18.8. The standard InChI is InChI=1S/C42H79N3O13/c1-17-30-42(12,51)34(47)27(8)45(15)21-23(4)19-40(10,50)35(57-38-32(46)29(44(13)14)18-24(5)53-38)25(6)33(26(7)37(48)55-30)56-31-20-41(11,52-16)36(28(9)54-31)58-39(49)43-22(2)3/h22-36,38,46-47,50-51H,17-21H2,1-16H3,(H,43,49)/t23-,24-,25+,26-,27-,28+,29+,30-,31+,32-,33+,34-,35-,36+,38+,40-,41-,42-/m1/s1. The second kappa shape index (κ2) is 20.4. The van der Waals surface area contributed by atoms with Crippen molar-refractivity contribution in [2.24, 2.45) is 17.8 Å². The number of methoxy groups -OCH3 is 1. The van der Waals surface area contributed by atoms with Crippen molar-refractivity contribution >= 4 is 12.1 Å². The Bertz CT molecular complexity index is 1320. The van der Waals surface area contributed by atoms with Crippen molar-refractivity contribution in [3.05, 3.63) is 0 Å². The summed E-state index contributed by atoms with van der Waals surface area (Å²) in [5.41, 5.74) is -4.50. The molecule has 0 spiro atoms. The second-order valence-corrected chi connectivity index (χ2v) is 18.8. The van der Waals surface area contributed by atoms with Crippen LogP contribution in [-0.2, 0) is 38.0 Å². The molecular weight excluding hydrogens is 754 g/mol. The van der Waals surface area contributed by atoms with Crippen molar-refractivity contribution in [3.8, 4) is 0 Å². The van der Waals surface area contributed by atoms with Gasteiger partial charge >= 0.3 is 12.1 Å². The molecule has 5 N–H and O–H groups in total. The number of amides is 1. The first kappa shape index (κ1) is 50.7. The SMILES string of the molecule is CC[C@H]1OC(=O)[C@H](C)[C@@H](O[C@H]2C[C@@](C)(OC)[C@@H](OC(=O)NC(C)C)[C@H](C)O2)[C@H](C)[C@@H](O[C@@H]2O[C@H](C)C[C@H](N(C)C)[C@H]2O)[C@](C)(O)C[C@@H](C)CN(C)[C@H](C)[C@@H](O)[C@]1(C)O. The van der Waals surface area contributed by atoms with E-state index in [-0.39, 0.29) is 43.4 Å². The number of alkyl carbamates (subject to hydrolysis) is 1. The molecule has 1 amide bonds. The van der Waals surface area contributed by atoms with Gasteiger partial charge < -0.3 is 68.7 Å². The number of nitrogens with one attached hydrogen (secondary N) is 1. The van der Waals surface area contributed by atoms with Gasteiger partial charge in [-0.1, -0.05) is 20.8 Å². The Morgan fingerprint density at radius 1 is 1.00 bits per heavy atom. The van der Waals surface area contributed by atoms with Crippen LogP contribution in [0.3, 0.4) is 0 Å². The summed E-state index contributed by atoms with van der Waals surface area (Å²) in [5, 5.41) is 50.4. The zero-order chi connectivity index (χ0) is 44.2. The lowest BCUT2D eigenvalue weighted by atomic mass is 9.77. The smallest absolute Gasteiger partial charge is 0.407 e. The Hall–Kier alpha value is -1.70. The predicted octanol–water partition coefficient (Wildman–Crippen LogP) is 3.04. The molecule has 0 radical (unpaired) electrons. The van der Waals surface area contributed by atoms with E-state index >= 15 is 0 Å². The average molecular weight is 834 g/mol. The van der Waals surface area contributed by atoms with Gasteiger partial charge in [-0.3, -0.25) is 4.79 Å². The highest BCUT2D eigenvalue weighted by Crippen LogP contribution is 2.41. The molecule has 3 heterocycles. The van der Waals surface area contributed by atoms with E-state index in [0.29, 0.717) is 13.0 Å². The molecule has 3 aliphatic rings. The third kappa shape index (κ3) is 12.0. The zero-order valence-corrected chi connectivity index (χ0v) is 38.1. The van der Waals surface area contributed by atoms with E-state index in [1.807, 2.05) is 65.6 Å². The minimum absolute atomic E-state index is 0.0899. The first-order valence-corrected chi connectivity index (χ1v) is 21.2. The van der Waals surface area contributed by atoms with Crippen molar-refractivity contribution < 1.29 is 63.2 Å². The lowest BCUT2D eigenvalue weighted by molar-refractivity contribution is -0.317. The van der Waals surface area contributed by atoms with Crippen LogP contribution in [0.15, 0.2) is 0 Å². The molecule has 3 rings (SSSR count). The highest BCUT2D eigenvalue weighted by Gasteiger charge is 2.53. The van der Waals surface area contributed by atoms with Gasteiger partial charge in [0.1, 0.15) is 29.5 Å². The molecule has 0 aliphatic carbocycles. The molecule has 18 atom stereocenters. The van der Waals surface area contributed by atoms with Crippen LogP contribution in [-0.4, -0.2) is 173 Å². The van der Waals surface area contributed by atoms with Gasteiger partial charge in [-0.15, -0.1) is 0 Å². The fraction of sp³-hybridized carbons (Fsp3) is 0.952. The number of likely N-dealkylation sites (N-methyl/N-ethyl adjacent to an activating group) is 2. The van der Waals surface area contributed by atoms with Gasteiger partial charge in [0, 0.05) is 44.1 Å². The maximum Gasteiger partial charge on any atom is 0.407 e. The number of carbonyl (C=O) groups is 2. The number of aliphatic hydroxyl groups is 4. The Morgan fingerprint density at radius 3 is 2.17 bits per heavy atom. The molecule has 3 saturated heterocycles. The highest BCUT2D eigenvalue weighted by molar-refractivity contribution is 5.73. The number of hydrogen-bond donors (Lipinski definition) is 5. The number of hydrogen-bond acceptors (Lipinski definition) is 15. The fourth-order valence-electron chi connectivity index (χ4n) is 9.33. The predicted molar refractivity (Wildman–Crippen MR) is 217 cm³/mol. The molecule has 340 valence electrons. The maximum atomic E-state index is 14.4. The van der Waals surface area contributed by atoms with E-state index in [0.717, 1.165) is 0 Å². The van der Waals surface area contributed by atoms with Crippen LogP contribution in [0.4, 0.5) is 4.79 Å². The first-order chi connectivity index (χ1) is 26.7. The zero-order valence-electron chi connectivity index (χ0n) is 38.1. The van der Waals surface area contributed by atoms with E-state index in [1.54, 1.807) is 41.5 Å². The number of cyclic esters (lactones) is 1. The molecule has 0 aromatic carbocycles. The number of carbonyl (C=O) groups excluding carboxylic acids is 2. The van der Waals surface area contributed by atoms with E-state index in [9.17, 15) is 30.0 Å². The average Bonchev–Trinajstić information content (AvgIpc) is 3.11. The summed E-state index contributed by atoms with van der Waals surface area (Å²) in [4.78, 5) is 31.0. The number of ether oxygens (including phenoxy) is 7. The molecule has 0 unspecified atom stereocenters. The lowest BCUT2D eigenvalue weighted by Crippen LogP contribution is -2.61. The molecule has 0 aromatic heterocycles. The van der Waals surface area contributed by atoms with Gasteiger partial charge in [0.2, 0.25) is 0 Å². The summed E-state index contributed by atoms with van der Waals surface area (Å²) < 4.78 is 44.1. The minimum atomic E-state index is -1.83. The number of esters is 1. The van der Waals surface area contributed by atoms with Crippen molar-refractivity contribution in [2.45, 2.75) is 205 Å². The summed E-state index contributed by atoms with van der Waals surface area (Å²) in [6.45, 7) is 21.7. The maximum absolute atomic E-state index is 14.4. The van der Waals surface area contributed by atoms with Gasteiger partial charge in [-0.25, -0.2) is 4.79 Å². The van der Waals surface area contributed by atoms with Crippen LogP contribution >= 0.6 is 0 Å². The normalized spacial score (nSPS) is 45.6. The summed E-state index contributed by atoms with van der Waals surface area (Å²) in [6.07, 6.45) is -9.11. The largest absolute Gasteiger partial charge is 0.459 e. The molecule has 16 nitrogen and oxygen atoms in total. The van der Waals surface area contributed by atoms with Gasteiger partial charge in [-0.05, 0) is 109 Å². The molecular formula is C42H79N3O13. The van der Waals surface area contributed by atoms with Gasteiger partial charge in [0.15, 0.2) is 18.7 Å². The van der Waals surface area contributed by atoms with Crippen LogP contribution in [0.2, 0.25) is 0 Å². The number of nitrogens with zero attached hydrogens (tertiary/aromatic N) is 2. The molecule has 3 fully saturated rings. The number of aliphatic hydroxyl groups excluding tert-OH is 2. The molecule has 58 heavy (non-hydrogen) atoms. The Kier molecular flexibility index (Phi) is 17.9. The minimum Gasteiger partial charge on any atom is -0.459 e. The van der Waals surface area contributed by atoms with E-state index in [1.165, 1.54) is 14.0 Å². The Morgan fingerprint density at radius 2 is 1.62 bits per heavy atom. The third-order valence-electron chi connectivity index (χ3n) is 12.8.